The van der Waals surface area contributed by atoms with E-state index in [2.05, 4.69) is 11.1 Å². The number of nitrogens with zero attached hydrogens (tertiary/aromatic N) is 1. The number of halogens is 2. The van der Waals surface area contributed by atoms with Crippen LogP contribution in [0.25, 0.3) is 22.2 Å². The van der Waals surface area contributed by atoms with Crippen molar-refractivity contribution in [2.75, 3.05) is 6.54 Å². The summed E-state index contributed by atoms with van der Waals surface area (Å²) in [7, 11) is 0. The van der Waals surface area contributed by atoms with Gasteiger partial charge in [0.05, 0.1) is 6.04 Å². The van der Waals surface area contributed by atoms with Crippen LogP contribution in [-0.4, -0.2) is 22.3 Å². The van der Waals surface area contributed by atoms with Crippen LogP contribution in [0, 0.1) is 11.6 Å². The summed E-state index contributed by atoms with van der Waals surface area (Å²) in [4.78, 5) is 19.7. The highest BCUT2D eigenvalue weighted by Crippen LogP contribution is 2.36. The van der Waals surface area contributed by atoms with Gasteiger partial charge in [-0.2, -0.15) is 0 Å². The number of carbonyl (C=O) groups excluding carboxylic acids is 1. The molecule has 158 valence electrons. The van der Waals surface area contributed by atoms with E-state index >= 15 is 0 Å². The first-order valence-electron chi connectivity index (χ1n) is 10.5. The smallest absolute Gasteiger partial charge is 0.223 e. The van der Waals surface area contributed by atoms with Crippen molar-refractivity contribution in [2.45, 2.75) is 31.7 Å². The molecule has 1 aliphatic rings. The van der Waals surface area contributed by atoms with E-state index in [4.69, 9.17) is 0 Å². The van der Waals surface area contributed by atoms with Gasteiger partial charge in [0.15, 0.2) is 0 Å². The number of fused-ring (bicyclic) bond motifs is 1. The second-order valence-electron chi connectivity index (χ2n) is 7.94. The molecule has 31 heavy (non-hydrogen) atoms. The molecule has 1 amide bonds. The fraction of sp³-hybridized carbons (Fsp3) is 0.240. The highest BCUT2D eigenvalue weighted by atomic mass is 32.1. The molecule has 0 radical (unpaired) electrons. The zero-order valence-electron chi connectivity index (χ0n) is 16.9. The van der Waals surface area contributed by atoms with Gasteiger partial charge in [0.1, 0.15) is 11.6 Å². The molecule has 1 fully saturated rings. The maximum atomic E-state index is 14.0. The summed E-state index contributed by atoms with van der Waals surface area (Å²) >= 11 is 1.69. The lowest BCUT2D eigenvalue weighted by molar-refractivity contribution is -0.132. The van der Waals surface area contributed by atoms with Gasteiger partial charge in [-0.05, 0) is 84.3 Å². The Morgan fingerprint density at radius 2 is 1.90 bits per heavy atom. The molecule has 1 aliphatic heterocycles. The second-order valence-corrected chi connectivity index (χ2v) is 8.92. The average Bonchev–Trinajstić information content (AvgIpc) is 3.51. The molecule has 5 rings (SSSR count). The number of hydrogen-bond donors (Lipinski definition) is 1. The summed E-state index contributed by atoms with van der Waals surface area (Å²) in [5, 5.41) is 2.81. The fourth-order valence-corrected chi connectivity index (χ4v) is 5.43. The van der Waals surface area contributed by atoms with Crippen LogP contribution < -0.4 is 0 Å². The van der Waals surface area contributed by atoms with Crippen molar-refractivity contribution >= 4 is 28.1 Å². The third-order valence-corrected chi connectivity index (χ3v) is 7.01. The molecule has 0 bridgehead atoms. The molecule has 1 unspecified atom stereocenters. The van der Waals surface area contributed by atoms with Crippen molar-refractivity contribution in [3.05, 3.63) is 82.1 Å². The number of benzene rings is 2. The molecule has 1 atom stereocenters. The summed E-state index contributed by atoms with van der Waals surface area (Å²) < 4.78 is 27.4. The number of thiophene rings is 1. The summed E-state index contributed by atoms with van der Waals surface area (Å²) in [6, 6.07) is 15.1. The van der Waals surface area contributed by atoms with Crippen molar-refractivity contribution in [3.63, 3.8) is 0 Å². The first kappa shape index (κ1) is 19.9. The van der Waals surface area contributed by atoms with Gasteiger partial charge in [0, 0.05) is 34.4 Å². The van der Waals surface area contributed by atoms with E-state index in [0.29, 0.717) is 12.8 Å². The third kappa shape index (κ3) is 3.88. The molecule has 0 aliphatic carbocycles. The Labute approximate surface area is 183 Å². The van der Waals surface area contributed by atoms with Gasteiger partial charge in [-0.15, -0.1) is 11.3 Å². The summed E-state index contributed by atoms with van der Waals surface area (Å²) in [6.07, 6.45) is 2.83. The number of nitrogens with one attached hydrogen (secondary N) is 1. The molecular weight excluding hydrogens is 414 g/mol. The van der Waals surface area contributed by atoms with Crippen LogP contribution in [0.15, 0.2) is 60.0 Å². The van der Waals surface area contributed by atoms with Crippen molar-refractivity contribution in [1.29, 1.82) is 0 Å². The predicted octanol–water partition coefficient (Wildman–Crippen LogP) is 6.47. The van der Waals surface area contributed by atoms with Crippen molar-refractivity contribution < 1.29 is 13.6 Å². The van der Waals surface area contributed by atoms with E-state index in [1.54, 1.807) is 29.5 Å². The number of hydrogen-bond acceptors (Lipinski definition) is 2. The molecule has 1 saturated heterocycles. The minimum absolute atomic E-state index is 0.117. The van der Waals surface area contributed by atoms with E-state index in [-0.39, 0.29) is 23.6 Å². The van der Waals surface area contributed by atoms with Gasteiger partial charge in [-0.1, -0.05) is 6.07 Å². The van der Waals surface area contributed by atoms with Crippen molar-refractivity contribution in [1.82, 2.24) is 9.88 Å². The molecular formula is C25H22F2N2OS. The molecule has 2 aromatic heterocycles. The van der Waals surface area contributed by atoms with E-state index in [9.17, 15) is 13.6 Å². The minimum Gasteiger partial charge on any atom is -0.354 e. The predicted molar refractivity (Wildman–Crippen MR) is 120 cm³/mol. The lowest BCUT2D eigenvalue weighted by atomic mass is 10.0. The highest BCUT2D eigenvalue weighted by Gasteiger charge is 2.30. The monoisotopic (exact) mass is 436 g/mol. The Morgan fingerprint density at radius 1 is 1.10 bits per heavy atom. The fourth-order valence-electron chi connectivity index (χ4n) is 4.56. The second kappa shape index (κ2) is 8.27. The number of likely N-dealkylation sites (tertiary alicyclic amines) is 1. The maximum absolute atomic E-state index is 14.0. The van der Waals surface area contributed by atoms with Crippen LogP contribution in [0.3, 0.4) is 0 Å². The van der Waals surface area contributed by atoms with E-state index < -0.39 is 0 Å². The highest BCUT2D eigenvalue weighted by molar-refractivity contribution is 7.10. The number of carbonyl (C=O) groups is 1. The molecule has 2 aromatic carbocycles. The third-order valence-electron chi connectivity index (χ3n) is 6.03. The summed E-state index contributed by atoms with van der Waals surface area (Å²) in [5.74, 6) is -0.509. The topological polar surface area (TPSA) is 36.1 Å². The quantitative estimate of drug-likeness (QED) is 0.382. The number of aromatic nitrogens is 1. The average molecular weight is 437 g/mol. The lowest BCUT2D eigenvalue weighted by Gasteiger charge is -2.24. The molecule has 3 heterocycles. The zero-order valence-corrected chi connectivity index (χ0v) is 17.7. The summed E-state index contributed by atoms with van der Waals surface area (Å²) in [5.41, 5.74) is 3.32. The first-order chi connectivity index (χ1) is 15.1. The Morgan fingerprint density at radius 3 is 2.68 bits per heavy atom. The molecule has 6 heteroatoms. The SMILES string of the molecule is O=C(CCc1c(-c2ccc(F)cc2)[nH]c2ccc(F)cc12)N1CCCC1c1cccs1. The standard InChI is InChI=1S/C25H22F2N2OS/c26-17-7-5-16(6-8-17)25-19(20-15-18(27)9-11-21(20)28-25)10-12-24(30)29-13-1-3-22(29)23-4-2-14-31-23/h2,4-9,11,14-15,22,28H,1,3,10,12-13H2. The largest absolute Gasteiger partial charge is 0.354 e. The molecule has 1 N–H and O–H groups in total. The van der Waals surface area contributed by atoms with Gasteiger partial charge in [-0.25, -0.2) is 8.78 Å². The van der Waals surface area contributed by atoms with Crippen molar-refractivity contribution in [3.8, 4) is 11.3 Å². The number of H-pyrrole nitrogens is 1. The van der Waals surface area contributed by atoms with Crippen molar-refractivity contribution in [2.24, 2.45) is 0 Å². The molecule has 0 spiro atoms. The van der Waals surface area contributed by atoms with Gasteiger partial charge in [0.2, 0.25) is 5.91 Å². The van der Waals surface area contributed by atoms with Crippen LogP contribution >= 0.6 is 11.3 Å². The Bertz CT molecular complexity index is 1210. The van der Waals surface area contributed by atoms with Gasteiger partial charge in [0.25, 0.3) is 0 Å². The number of rotatable bonds is 5. The number of aryl methyl sites for hydroxylation is 1. The maximum Gasteiger partial charge on any atom is 0.223 e. The zero-order chi connectivity index (χ0) is 21.4. The van der Waals surface area contributed by atoms with Crippen LogP contribution in [0.4, 0.5) is 8.78 Å². The first-order valence-corrected chi connectivity index (χ1v) is 11.4. The summed E-state index contributed by atoms with van der Waals surface area (Å²) in [6.45, 7) is 0.773. The number of aromatic amines is 1. The van der Waals surface area contributed by atoms with Crippen LogP contribution in [-0.2, 0) is 11.2 Å². The Hall–Kier alpha value is -2.99. The van der Waals surface area contributed by atoms with Crippen LogP contribution in [0.1, 0.15) is 35.7 Å². The number of amides is 1. The molecule has 0 saturated carbocycles. The minimum atomic E-state index is -0.318. The molecule has 4 aromatic rings. The van der Waals surface area contributed by atoms with Crippen LogP contribution in [0.5, 0.6) is 0 Å². The van der Waals surface area contributed by atoms with Crippen LogP contribution in [0.2, 0.25) is 0 Å². The Kier molecular flexibility index (Phi) is 5.32. The molecule has 3 nitrogen and oxygen atoms in total. The van der Waals surface area contributed by atoms with Gasteiger partial charge in [-0.3, -0.25) is 4.79 Å². The van der Waals surface area contributed by atoms with Gasteiger partial charge >= 0.3 is 0 Å². The normalized spacial score (nSPS) is 16.3. The Balaban J connectivity index is 1.44. The lowest BCUT2D eigenvalue weighted by Crippen LogP contribution is -2.30. The van der Waals surface area contributed by atoms with Gasteiger partial charge < -0.3 is 9.88 Å². The van der Waals surface area contributed by atoms with E-state index in [1.165, 1.54) is 29.1 Å². The van der Waals surface area contributed by atoms with E-state index in [0.717, 1.165) is 47.1 Å². The van der Waals surface area contributed by atoms with E-state index in [1.807, 2.05) is 16.3 Å².